The molecule has 0 fully saturated rings. The predicted octanol–water partition coefficient (Wildman–Crippen LogP) is 3.45. The monoisotopic (exact) mass is 470 g/mol. The quantitative estimate of drug-likeness (QED) is 0.243. The van der Waals surface area contributed by atoms with Gasteiger partial charge >= 0.3 is 7.82 Å². The van der Waals surface area contributed by atoms with Gasteiger partial charge in [0.25, 0.3) is 0 Å². The summed E-state index contributed by atoms with van der Waals surface area (Å²) in [6.45, 7) is 0. The van der Waals surface area contributed by atoms with E-state index in [0.717, 1.165) is 18.2 Å². The van der Waals surface area contributed by atoms with E-state index in [4.69, 9.17) is 31.4 Å². The fourth-order valence-electron chi connectivity index (χ4n) is 2.39. The Morgan fingerprint density at radius 2 is 0.812 bits per heavy atom. The van der Waals surface area contributed by atoms with Crippen LogP contribution in [0.1, 0.15) is 0 Å². The lowest BCUT2D eigenvalue weighted by Gasteiger charge is -2.29. The lowest BCUT2D eigenvalue weighted by molar-refractivity contribution is 0.0845. The molecule has 0 atom stereocenters. The molecule has 0 aliphatic heterocycles. The topological polar surface area (TPSA) is 133 Å². The minimum atomic E-state index is -5.04. The van der Waals surface area contributed by atoms with Crippen molar-refractivity contribution in [2.45, 2.75) is 0 Å². The summed E-state index contributed by atoms with van der Waals surface area (Å²) in [6, 6.07) is 15.1. The zero-order chi connectivity index (χ0) is 23.3. The van der Waals surface area contributed by atoms with Crippen molar-refractivity contribution in [1.82, 2.24) is 0 Å². The summed E-state index contributed by atoms with van der Waals surface area (Å²) < 4.78 is 70.3. The summed E-state index contributed by atoms with van der Waals surface area (Å²) in [7, 11) is -5.04. The van der Waals surface area contributed by atoms with Crippen LogP contribution in [0.15, 0.2) is 72.8 Å². The van der Waals surface area contributed by atoms with E-state index in [-0.39, 0.29) is 32.6 Å². The molecule has 0 saturated carbocycles. The number of anilines is 3. The minimum Gasteiger partial charge on any atom is -0.222 e. The number of hydrogen-bond donors (Lipinski definition) is 3. The van der Waals surface area contributed by atoms with Crippen LogP contribution in [0.3, 0.4) is 0 Å². The van der Waals surface area contributed by atoms with E-state index >= 15 is 0 Å². The third-order valence-electron chi connectivity index (χ3n) is 3.83. The van der Waals surface area contributed by atoms with Gasteiger partial charge in [0.05, 0.1) is 0 Å². The molecule has 0 spiro atoms. The molecule has 3 aromatic rings. The number of hydrogen-bond acceptors (Lipinski definition) is 10. The van der Waals surface area contributed by atoms with Gasteiger partial charge in [0.2, 0.25) is 0 Å². The van der Waals surface area contributed by atoms with Gasteiger partial charge in [0.15, 0.2) is 17.5 Å². The largest absolute Gasteiger partial charge is 0.543 e. The van der Waals surface area contributed by atoms with Gasteiger partial charge in [0, 0.05) is 0 Å². The Morgan fingerprint density at radius 3 is 1.06 bits per heavy atom. The smallest absolute Gasteiger partial charge is 0.222 e. The lowest BCUT2D eigenvalue weighted by Crippen LogP contribution is -2.39. The number of halogens is 3. The highest BCUT2D eigenvalue weighted by atomic mass is 31.2. The first-order valence-electron chi connectivity index (χ1n) is 8.77. The maximum Gasteiger partial charge on any atom is 0.543 e. The van der Waals surface area contributed by atoms with Crippen molar-refractivity contribution in [2.75, 3.05) is 15.5 Å². The van der Waals surface area contributed by atoms with Crippen LogP contribution < -0.4 is 33.0 Å². The summed E-state index contributed by atoms with van der Waals surface area (Å²) in [5.41, 5.74) is -1.11. The molecule has 10 nitrogen and oxygen atoms in total. The molecule has 0 aliphatic carbocycles. The Labute approximate surface area is 180 Å². The van der Waals surface area contributed by atoms with E-state index in [1.165, 1.54) is 54.6 Å². The van der Waals surface area contributed by atoms with Crippen LogP contribution in [0.25, 0.3) is 0 Å². The fraction of sp³-hybridized carbons (Fsp3) is 0. The van der Waals surface area contributed by atoms with Crippen LogP contribution in [-0.4, -0.2) is 0 Å². The first kappa shape index (κ1) is 23.5. The fourth-order valence-corrected chi connectivity index (χ4v) is 3.39. The summed E-state index contributed by atoms with van der Waals surface area (Å²) in [5, 5.41) is 0.710. The van der Waals surface area contributed by atoms with Crippen molar-refractivity contribution < 1.29 is 31.6 Å². The second-order valence-corrected chi connectivity index (χ2v) is 7.41. The van der Waals surface area contributed by atoms with Gasteiger partial charge in [-0.1, -0.05) is 36.4 Å². The molecule has 0 saturated heterocycles. The number of hydrazine groups is 3. The molecule has 170 valence electrons. The molecule has 0 unspecified atom stereocenters. The molecule has 0 amide bonds. The molecule has 0 bridgehead atoms. The molecule has 0 aromatic heterocycles. The van der Waals surface area contributed by atoms with Crippen LogP contribution in [0, 0.1) is 17.5 Å². The standard InChI is InChI=1S/C18H18F3N6O4P/c19-13-7-1-4-10-16(13)25(22)29-32(28,30-26(23)17-11-5-2-8-14(17)20)31-27(24)18-12-6-3-9-15(18)21/h1-12H,22-24H2. The average molecular weight is 470 g/mol. The first-order valence-corrected chi connectivity index (χ1v) is 10.2. The molecule has 0 radical (unpaired) electrons. The first-order chi connectivity index (χ1) is 15.2. The maximum absolute atomic E-state index is 14.0. The van der Waals surface area contributed by atoms with E-state index in [1.54, 1.807) is 0 Å². The Bertz CT molecular complexity index is 991. The van der Waals surface area contributed by atoms with Gasteiger partial charge in [-0.25, -0.2) is 35.3 Å². The third kappa shape index (κ3) is 5.55. The predicted molar refractivity (Wildman–Crippen MR) is 110 cm³/mol. The minimum absolute atomic E-state index is 0.237. The molecular weight excluding hydrogens is 452 g/mol. The highest BCUT2D eigenvalue weighted by molar-refractivity contribution is 7.48. The van der Waals surface area contributed by atoms with Crippen LogP contribution in [0.4, 0.5) is 30.2 Å². The Hall–Kier alpha value is -3.16. The number of para-hydroxylation sites is 3. The van der Waals surface area contributed by atoms with E-state index in [1.807, 2.05) is 0 Å². The normalized spacial score (nSPS) is 11.3. The van der Waals surface area contributed by atoms with Crippen molar-refractivity contribution >= 4 is 24.9 Å². The summed E-state index contributed by atoms with van der Waals surface area (Å²) in [4.78, 5) is 0. The number of rotatable bonds is 9. The van der Waals surface area contributed by atoms with Gasteiger partial charge in [-0.3, -0.25) is 0 Å². The number of nitrogens with zero attached hydrogens (tertiary/aromatic N) is 3. The second-order valence-electron chi connectivity index (χ2n) is 6.02. The number of phosphoric acid groups is 1. The number of benzene rings is 3. The van der Waals surface area contributed by atoms with E-state index in [2.05, 4.69) is 0 Å². The van der Waals surface area contributed by atoms with Crippen molar-refractivity contribution in [1.29, 1.82) is 0 Å². The van der Waals surface area contributed by atoms with Crippen LogP contribution in [0.2, 0.25) is 0 Å². The molecule has 3 aromatic carbocycles. The van der Waals surface area contributed by atoms with Crippen LogP contribution >= 0.6 is 7.82 Å². The van der Waals surface area contributed by atoms with Gasteiger partial charge in [-0.05, 0) is 36.4 Å². The van der Waals surface area contributed by atoms with E-state index in [9.17, 15) is 17.7 Å². The van der Waals surface area contributed by atoms with Gasteiger partial charge in [0.1, 0.15) is 17.1 Å². The van der Waals surface area contributed by atoms with Crippen molar-refractivity contribution in [3.63, 3.8) is 0 Å². The number of nitrogens with two attached hydrogens (primary N) is 3. The molecule has 14 heteroatoms. The van der Waals surface area contributed by atoms with Crippen molar-refractivity contribution in [2.24, 2.45) is 17.5 Å². The summed E-state index contributed by atoms with van der Waals surface area (Å²) in [6.07, 6.45) is 0. The van der Waals surface area contributed by atoms with E-state index < -0.39 is 25.3 Å². The lowest BCUT2D eigenvalue weighted by atomic mass is 10.3. The Kier molecular flexibility index (Phi) is 7.33. The van der Waals surface area contributed by atoms with Crippen LogP contribution in [0.5, 0.6) is 0 Å². The molecule has 6 N–H and O–H groups in total. The molecule has 0 aliphatic rings. The zero-order valence-electron chi connectivity index (χ0n) is 16.2. The second kappa shape index (κ2) is 9.97. The Morgan fingerprint density at radius 1 is 0.562 bits per heavy atom. The zero-order valence-corrected chi connectivity index (χ0v) is 17.1. The van der Waals surface area contributed by atoms with Crippen LogP contribution in [-0.2, 0) is 18.4 Å². The molecule has 32 heavy (non-hydrogen) atoms. The van der Waals surface area contributed by atoms with E-state index in [0.29, 0.717) is 0 Å². The highest BCUT2D eigenvalue weighted by Gasteiger charge is 2.38. The average Bonchev–Trinajstić information content (AvgIpc) is 2.74. The molecule has 3 rings (SSSR count). The van der Waals surface area contributed by atoms with Gasteiger partial charge < -0.3 is 0 Å². The summed E-state index contributed by atoms with van der Waals surface area (Å²) >= 11 is 0. The molecular formula is C18H18F3N6O4P. The van der Waals surface area contributed by atoms with Crippen molar-refractivity contribution in [3.05, 3.63) is 90.2 Å². The maximum atomic E-state index is 14.0. The SMILES string of the molecule is NN(OP(=O)(ON(N)c1ccccc1F)ON(N)c1ccccc1F)c1ccccc1F. The highest BCUT2D eigenvalue weighted by Crippen LogP contribution is 2.52. The third-order valence-corrected chi connectivity index (χ3v) is 4.96. The van der Waals surface area contributed by atoms with Crippen molar-refractivity contribution in [3.8, 4) is 0 Å². The Balaban J connectivity index is 1.90. The molecule has 0 heterocycles. The van der Waals surface area contributed by atoms with Gasteiger partial charge in [-0.15, -0.1) is 13.9 Å². The van der Waals surface area contributed by atoms with Gasteiger partial charge in [-0.2, -0.15) is 15.5 Å². The summed E-state index contributed by atoms with van der Waals surface area (Å²) in [5.74, 6) is 14.4.